The molecular weight excluding hydrogens is 483 g/mol. The number of amides is 1. The number of carboxylic acids is 1. The third-order valence-corrected chi connectivity index (χ3v) is 7.14. The van der Waals surface area contributed by atoms with Gasteiger partial charge in [-0.2, -0.15) is 0 Å². The topological polar surface area (TPSA) is 78.9 Å². The zero-order chi connectivity index (χ0) is 25.9. The Labute approximate surface area is 216 Å². The maximum Gasteiger partial charge on any atom is 0.348 e. The van der Waals surface area contributed by atoms with Crippen LogP contribution >= 0.6 is 11.6 Å². The molecule has 4 rings (SSSR count). The Balaban J connectivity index is 1.65. The van der Waals surface area contributed by atoms with Gasteiger partial charge in [0.25, 0.3) is 0 Å². The Bertz CT molecular complexity index is 1110. The van der Waals surface area contributed by atoms with Gasteiger partial charge in [0.05, 0.1) is 17.8 Å². The molecule has 0 unspecified atom stereocenters. The molecule has 2 aromatic rings. The van der Waals surface area contributed by atoms with Crippen LogP contribution in [-0.4, -0.2) is 35.2 Å². The fourth-order valence-electron chi connectivity index (χ4n) is 4.89. The van der Waals surface area contributed by atoms with Crippen LogP contribution in [0.15, 0.2) is 36.4 Å². The van der Waals surface area contributed by atoms with Crippen LogP contribution in [0.3, 0.4) is 0 Å². The third-order valence-electron chi connectivity index (χ3n) is 6.90. The van der Waals surface area contributed by atoms with Gasteiger partial charge >= 0.3 is 5.97 Å². The largest absolute Gasteiger partial charge is 0.478 e. The van der Waals surface area contributed by atoms with E-state index in [-0.39, 0.29) is 22.9 Å². The van der Waals surface area contributed by atoms with Crippen molar-refractivity contribution in [3.05, 3.63) is 52.8 Å². The van der Waals surface area contributed by atoms with Gasteiger partial charge < -0.3 is 20.1 Å². The number of halogens is 2. The predicted molar refractivity (Wildman–Crippen MR) is 139 cm³/mol. The molecule has 0 aliphatic heterocycles. The van der Waals surface area contributed by atoms with E-state index < -0.39 is 17.4 Å². The van der Waals surface area contributed by atoms with Gasteiger partial charge in [0.1, 0.15) is 11.6 Å². The highest BCUT2D eigenvalue weighted by Crippen LogP contribution is 2.43. The number of hydrogen-bond donors (Lipinski definition) is 2. The standard InChI is InChI=1S/C28H34ClFN2O4/c1-18(2)17-32(21-6-4-3-5-7-21)25-11-10-22(36-28(12-13-28)27(34)35)16-24(25)31-26(33)14-19-8-9-20(29)15-23(19)30/h8-11,15-16,18,21H,3-7,12-14,17H2,1-2H3,(H,31,33)(H,34,35). The van der Waals surface area contributed by atoms with Gasteiger partial charge in [-0.25, -0.2) is 9.18 Å². The molecule has 2 aliphatic rings. The van der Waals surface area contributed by atoms with E-state index >= 15 is 0 Å². The highest BCUT2D eigenvalue weighted by atomic mass is 35.5. The molecule has 2 fully saturated rings. The average molecular weight is 517 g/mol. The van der Waals surface area contributed by atoms with Crippen molar-refractivity contribution >= 4 is 34.9 Å². The van der Waals surface area contributed by atoms with Crippen molar-refractivity contribution in [3.63, 3.8) is 0 Å². The molecule has 0 bridgehead atoms. The number of ether oxygens (including phenoxy) is 1. The van der Waals surface area contributed by atoms with Crippen molar-refractivity contribution in [1.82, 2.24) is 0 Å². The lowest BCUT2D eigenvalue weighted by Gasteiger charge is -2.38. The summed E-state index contributed by atoms with van der Waals surface area (Å²) in [5.74, 6) is -1.10. The molecule has 0 radical (unpaired) electrons. The van der Waals surface area contributed by atoms with Crippen LogP contribution in [0, 0.1) is 11.7 Å². The molecule has 2 N–H and O–H groups in total. The lowest BCUT2D eigenvalue weighted by atomic mass is 9.93. The van der Waals surface area contributed by atoms with Gasteiger partial charge in [0.2, 0.25) is 11.5 Å². The first kappa shape index (κ1) is 26.3. The monoisotopic (exact) mass is 516 g/mol. The van der Waals surface area contributed by atoms with Gasteiger partial charge in [0.15, 0.2) is 0 Å². The minimum absolute atomic E-state index is 0.153. The number of anilines is 2. The maximum absolute atomic E-state index is 14.3. The van der Waals surface area contributed by atoms with E-state index in [1.807, 2.05) is 6.07 Å². The fourth-order valence-corrected chi connectivity index (χ4v) is 5.05. The summed E-state index contributed by atoms with van der Waals surface area (Å²) in [6.07, 6.45) is 6.46. The summed E-state index contributed by atoms with van der Waals surface area (Å²) in [5.41, 5.74) is 0.461. The molecule has 8 heteroatoms. The first-order chi connectivity index (χ1) is 17.2. The summed E-state index contributed by atoms with van der Waals surface area (Å²) < 4.78 is 20.2. The second-order valence-corrected chi connectivity index (χ2v) is 10.8. The quantitative estimate of drug-likeness (QED) is 0.379. The second-order valence-electron chi connectivity index (χ2n) is 10.4. The number of carboxylic acid groups (broad SMARTS) is 1. The number of hydrogen-bond acceptors (Lipinski definition) is 4. The van der Waals surface area contributed by atoms with Crippen LogP contribution in [0.5, 0.6) is 5.75 Å². The predicted octanol–water partition coefficient (Wildman–Crippen LogP) is 6.45. The molecular formula is C28H34ClFN2O4. The van der Waals surface area contributed by atoms with Crippen molar-refractivity contribution in [1.29, 1.82) is 0 Å². The van der Waals surface area contributed by atoms with Gasteiger partial charge in [-0.15, -0.1) is 0 Å². The van der Waals surface area contributed by atoms with Gasteiger partial charge in [-0.05, 0) is 48.6 Å². The Morgan fingerprint density at radius 3 is 2.50 bits per heavy atom. The molecule has 2 aliphatic carbocycles. The summed E-state index contributed by atoms with van der Waals surface area (Å²) in [5, 5.41) is 12.8. The normalized spacial score (nSPS) is 17.0. The zero-order valence-corrected chi connectivity index (χ0v) is 21.6. The summed E-state index contributed by atoms with van der Waals surface area (Å²) in [4.78, 5) is 27.1. The summed E-state index contributed by atoms with van der Waals surface area (Å²) in [6, 6.07) is 10.00. The summed E-state index contributed by atoms with van der Waals surface area (Å²) in [6.45, 7) is 5.15. The van der Waals surface area contributed by atoms with Crippen molar-refractivity contribution in [2.24, 2.45) is 5.92 Å². The van der Waals surface area contributed by atoms with Gasteiger partial charge in [-0.3, -0.25) is 4.79 Å². The molecule has 0 atom stereocenters. The highest BCUT2D eigenvalue weighted by molar-refractivity contribution is 6.30. The first-order valence-electron chi connectivity index (χ1n) is 12.7. The molecule has 36 heavy (non-hydrogen) atoms. The number of rotatable bonds is 10. The van der Waals surface area contributed by atoms with Crippen LogP contribution in [-0.2, 0) is 16.0 Å². The first-order valence-corrected chi connectivity index (χ1v) is 13.1. The molecule has 1 amide bonds. The van der Waals surface area contributed by atoms with Crippen molar-refractivity contribution in [2.75, 3.05) is 16.8 Å². The zero-order valence-electron chi connectivity index (χ0n) is 20.9. The number of nitrogens with zero attached hydrogens (tertiary/aromatic N) is 1. The molecule has 0 aromatic heterocycles. The number of aliphatic carboxylic acids is 1. The van der Waals surface area contributed by atoms with E-state index in [4.69, 9.17) is 16.3 Å². The van der Waals surface area contributed by atoms with E-state index in [1.54, 1.807) is 18.2 Å². The van der Waals surface area contributed by atoms with Crippen molar-refractivity contribution in [2.45, 2.75) is 76.9 Å². The number of carbonyl (C=O) groups is 2. The van der Waals surface area contributed by atoms with Crippen LogP contribution < -0.4 is 15.0 Å². The second kappa shape index (κ2) is 11.1. The van der Waals surface area contributed by atoms with Crippen molar-refractivity contribution in [3.8, 4) is 5.75 Å². The van der Waals surface area contributed by atoms with Crippen LogP contribution in [0.4, 0.5) is 15.8 Å². The average Bonchev–Trinajstić information content (AvgIpc) is 3.61. The van der Waals surface area contributed by atoms with Crippen molar-refractivity contribution < 1.29 is 23.8 Å². The molecule has 6 nitrogen and oxygen atoms in total. The minimum Gasteiger partial charge on any atom is -0.478 e. The number of carbonyl (C=O) groups excluding carboxylic acids is 1. The molecule has 2 aromatic carbocycles. The summed E-state index contributed by atoms with van der Waals surface area (Å²) in [7, 11) is 0. The maximum atomic E-state index is 14.3. The molecule has 0 heterocycles. The van der Waals surface area contributed by atoms with E-state index in [1.165, 1.54) is 31.4 Å². The molecule has 0 saturated heterocycles. The Morgan fingerprint density at radius 1 is 1.17 bits per heavy atom. The van der Waals surface area contributed by atoms with E-state index in [9.17, 15) is 19.1 Å². The van der Waals surface area contributed by atoms with Gasteiger partial charge in [-0.1, -0.05) is 50.8 Å². The SMILES string of the molecule is CC(C)CN(c1ccc(OC2(C(=O)O)CC2)cc1NC(=O)Cc1ccc(Cl)cc1F)C1CCCCC1. The van der Waals surface area contributed by atoms with Crippen LogP contribution in [0.1, 0.15) is 64.4 Å². The summed E-state index contributed by atoms with van der Waals surface area (Å²) >= 11 is 5.85. The highest BCUT2D eigenvalue weighted by Gasteiger charge is 2.53. The third kappa shape index (κ3) is 6.30. The van der Waals surface area contributed by atoms with Crippen LogP contribution in [0.2, 0.25) is 5.02 Å². The Kier molecular flexibility index (Phi) is 8.08. The van der Waals surface area contributed by atoms with E-state index in [2.05, 4.69) is 24.1 Å². The number of benzene rings is 2. The fraction of sp³-hybridized carbons (Fsp3) is 0.500. The van der Waals surface area contributed by atoms with E-state index in [0.717, 1.165) is 25.1 Å². The molecule has 0 spiro atoms. The minimum atomic E-state index is -1.20. The lowest BCUT2D eigenvalue weighted by Crippen LogP contribution is -2.40. The molecule has 2 saturated carbocycles. The smallest absolute Gasteiger partial charge is 0.348 e. The molecule has 194 valence electrons. The Morgan fingerprint density at radius 2 is 1.89 bits per heavy atom. The number of nitrogens with one attached hydrogen (secondary N) is 1. The van der Waals surface area contributed by atoms with Gasteiger partial charge in [0, 0.05) is 36.5 Å². The van der Waals surface area contributed by atoms with E-state index in [0.29, 0.717) is 36.2 Å². The lowest BCUT2D eigenvalue weighted by molar-refractivity contribution is -0.147. The Hall–Kier alpha value is -2.80. The van der Waals surface area contributed by atoms with Crippen LogP contribution in [0.25, 0.3) is 0 Å².